The van der Waals surface area contributed by atoms with Crippen LogP contribution < -0.4 is 16.0 Å². The van der Waals surface area contributed by atoms with Crippen LogP contribution >= 0.6 is 11.3 Å². The van der Waals surface area contributed by atoms with Crippen LogP contribution in [0.5, 0.6) is 0 Å². The number of aliphatic hydroxyl groups is 1. The Morgan fingerprint density at radius 3 is 2.37 bits per heavy atom. The van der Waals surface area contributed by atoms with Gasteiger partial charge in [-0.2, -0.15) is 10.4 Å². The van der Waals surface area contributed by atoms with E-state index in [1.54, 1.807) is 17.5 Å². The van der Waals surface area contributed by atoms with Crippen molar-refractivity contribution >= 4 is 41.1 Å². The molecule has 4 N–H and O–H groups in total. The SMILES string of the molecule is Cc1ncsc1-c1ccc([C@H](C)NC(=O)[C@@H]2C[C@@H](O)CN2C(=O)[C@H](NC(=O)COCCOCCOCCOCCCCCCn2cc(-c3ccnc(NCCC#N)n3)c(-c3cnc4c(c3)C=CC4)n2)C(C)(C)C)cc1. The third-order valence-electron chi connectivity index (χ3n) is 12.9. The molecule has 75 heavy (non-hydrogen) atoms. The molecule has 1 aliphatic carbocycles. The number of nitriles is 1. The van der Waals surface area contributed by atoms with Gasteiger partial charge in [-0.15, -0.1) is 11.3 Å². The number of rotatable bonds is 29. The molecule has 1 aromatic carbocycles. The lowest BCUT2D eigenvalue weighted by Crippen LogP contribution is -2.58. The second kappa shape index (κ2) is 27.9. The fourth-order valence-corrected chi connectivity index (χ4v) is 9.70. The summed E-state index contributed by atoms with van der Waals surface area (Å²) >= 11 is 1.57. The highest BCUT2D eigenvalue weighted by molar-refractivity contribution is 7.13. The molecule has 0 saturated carbocycles. The van der Waals surface area contributed by atoms with E-state index in [0.717, 1.165) is 94.1 Å². The van der Waals surface area contributed by atoms with Crippen LogP contribution in [0.3, 0.4) is 0 Å². The number of aromatic nitrogens is 6. The monoisotopic (exact) mass is 1050 g/mol. The van der Waals surface area contributed by atoms with E-state index < -0.39 is 35.4 Å². The summed E-state index contributed by atoms with van der Waals surface area (Å²) in [7, 11) is 0. The number of thiazole rings is 1. The van der Waals surface area contributed by atoms with Crippen LogP contribution in [-0.2, 0) is 46.3 Å². The molecule has 2 aliphatic rings. The number of benzene rings is 1. The van der Waals surface area contributed by atoms with Crippen molar-refractivity contribution in [2.75, 3.05) is 71.3 Å². The molecule has 5 heterocycles. The number of anilines is 1. The molecule has 0 bridgehead atoms. The maximum absolute atomic E-state index is 14.0. The number of pyridine rings is 1. The Morgan fingerprint density at radius 1 is 0.920 bits per heavy atom. The van der Waals surface area contributed by atoms with Gasteiger partial charge in [0.25, 0.3) is 0 Å². The molecule has 4 aromatic heterocycles. The average Bonchev–Trinajstić information content (AvgIpc) is 4.24. The smallest absolute Gasteiger partial charge is 0.246 e. The lowest BCUT2D eigenvalue weighted by molar-refractivity contribution is -0.144. The van der Waals surface area contributed by atoms with Gasteiger partial charge in [0.1, 0.15) is 24.4 Å². The highest BCUT2D eigenvalue weighted by Gasteiger charge is 2.44. The Hall–Kier alpha value is -6.47. The summed E-state index contributed by atoms with van der Waals surface area (Å²) in [4.78, 5) is 61.3. The summed E-state index contributed by atoms with van der Waals surface area (Å²) in [6.45, 7) is 13.0. The summed E-state index contributed by atoms with van der Waals surface area (Å²) < 4.78 is 24.6. The van der Waals surface area contributed by atoms with Crippen LogP contribution in [0.4, 0.5) is 5.95 Å². The molecule has 7 rings (SSSR count). The number of ether oxygens (including phenoxy) is 4. The summed E-state index contributed by atoms with van der Waals surface area (Å²) in [5.74, 6) is -0.822. The number of β-amino-alcohol motifs (C(OH)–C–C–N with tert-alkyl or cyclic N) is 1. The average molecular weight is 1050 g/mol. The number of hydrogen-bond donors (Lipinski definition) is 4. The first kappa shape index (κ1) is 56.3. The number of likely N-dealkylation sites (tertiary alicyclic amines) is 1. The molecule has 3 amide bonds. The van der Waals surface area contributed by atoms with Gasteiger partial charge in [-0.25, -0.2) is 15.0 Å². The van der Waals surface area contributed by atoms with Crippen molar-refractivity contribution in [1.29, 1.82) is 5.26 Å². The quantitative estimate of drug-likeness (QED) is 0.0363. The molecule has 4 atom stereocenters. The van der Waals surface area contributed by atoms with Gasteiger partial charge in [0, 0.05) is 68.8 Å². The first-order chi connectivity index (χ1) is 36.3. The third kappa shape index (κ3) is 16.3. The zero-order valence-electron chi connectivity index (χ0n) is 43.8. The number of amides is 3. The normalized spacial score (nSPS) is 15.9. The number of aliphatic hydroxyl groups excluding tert-OH is 1. The van der Waals surface area contributed by atoms with E-state index in [9.17, 15) is 19.5 Å². The predicted octanol–water partition coefficient (Wildman–Crippen LogP) is 6.73. The van der Waals surface area contributed by atoms with Crippen LogP contribution in [0.2, 0.25) is 0 Å². The van der Waals surface area contributed by atoms with Gasteiger partial charge in [-0.1, -0.05) is 70.0 Å². The van der Waals surface area contributed by atoms with Crippen molar-refractivity contribution in [3.05, 3.63) is 89.1 Å². The number of allylic oxidation sites excluding steroid dienone is 1. The predicted molar refractivity (Wildman–Crippen MR) is 286 cm³/mol. The van der Waals surface area contributed by atoms with Crippen LogP contribution in [0, 0.1) is 23.7 Å². The van der Waals surface area contributed by atoms with Crippen molar-refractivity contribution in [2.24, 2.45) is 5.41 Å². The highest BCUT2D eigenvalue weighted by Crippen LogP contribution is 2.33. The van der Waals surface area contributed by atoms with E-state index >= 15 is 0 Å². The van der Waals surface area contributed by atoms with Crippen molar-refractivity contribution in [3.63, 3.8) is 0 Å². The molecular weight excluding hydrogens is 975 g/mol. The zero-order chi connectivity index (χ0) is 53.2. The molecule has 5 aromatic rings. The second-order valence-electron chi connectivity index (χ2n) is 19.8. The van der Waals surface area contributed by atoms with Gasteiger partial charge in [-0.05, 0) is 60.9 Å². The minimum Gasteiger partial charge on any atom is -0.391 e. The Bertz CT molecular complexity index is 2730. The molecule has 1 aliphatic heterocycles. The molecule has 0 spiro atoms. The van der Waals surface area contributed by atoms with Crippen LogP contribution in [0.25, 0.3) is 39.0 Å². The third-order valence-corrected chi connectivity index (χ3v) is 13.9. The second-order valence-corrected chi connectivity index (χ2v) is 20.7. The lowest BCUT2D eigenvalue weighted by atomic mass is 9.85. The number of aryl methyl sites for hydroxylation is 2. The minimum absolute atomic E-state index is 0.0193. The van der Waals surface area contributed by atoms with E-state index in [0.29, 0.717) is 51.9 Å². The maximum atomic E-state index is 14.0. The fraction of sp³-hybridized carbons (Fsp3) is 0.509. The van der Waals surface area contributed by atoms with Gasteiger partial charge in [0.05, 0.1) is 91.7 Å². The topological polar surface area (TPSA) is 241 Å². The first-order valence-electron chi connectivity index (χ1n) is 25.9. The van der Waals surface area contributed by atoms with Gasteiger partial charge in [0.15, 0.2) is 0 Å². The summed E-state index contributed by atoms with van der Waals surface area (Å²) in [6.07, 6.45) is 14.2. The Balaban J connectivity index is 0.729. The number of carbonyl (C=O) groups is 3. The Kier molecular flexibility index (Phi) is 20.9. The molecule has 1 saturated heterocycles. The lowest BCUT2D eigenvalue weighted by Gasteiger charge is -2.35. The Labute approximate surface area is 443 Å². The first-order valence-corrected chi connectivity index (χ1v) is 26.7. The number of fused-ring (bicyclic) bond motifs is 1. The Morgan fingerprint density at radius 2 is 1.65 bits per heavy atom. The summed E-state index contributed by atoms with van der Waals surface area (Å²) in [5, 5.41) is 33.5. The zero-order valence-corrected chi connectivity index (χ0v) is 44.6. The molecule has 0 unspecified atom stereocenters. The van der Waals surface area contributed by atoms with E-state index in [1.165, 1.54) is 4.90 Å². The molecule has 19 nitrogen and oxygen atoms in total. The molecule has 0 radical (unpaired) electrons. The van der Waals surface area contributed by atoms with Crippen LogP contribution in [0.15, 0.2) is 66.6 Å². The van der Waals surface area contributed by atoms with Crippen molar-refractivity contribution in [3.8, 4) is 39.0 Å². The van der Waals surface area contributed by atoms with Gasteiger partial charge in [0.2, 0.25) is 23.7 Å². The minimum atomic E-state index is -0.968. The summed E-state index contributed by atoms with van der Waals surface area (Å²) in [6, 6.07) is 11.9. The largest absolute Gasteiger partial charge is 0.391 e. The standard InChI is InChI=1S/C55H71N11O8S/c1-37(39-14-16-40(17-15-39)50-38(2)60-36-75-50)61-52(69)47-31-43(67)33-66(47)53(70)51(55(3,4)5)63-48(68)35-74-29-28-73-27-26-72-25-24-71-23-9-7-6-8-22-65-34-44(46-18-21-58-54(62-46)57-20-11-19-56)49(64-65)42-30-41-12-10-13-45(41)59-32-42/h10,12,14-18,21,30,32,34,36-37,43,47,51,67H,6-9,11,13,20,22-29,31,33,35H2,1-5H3,(H,61,69)(H,63,68)(H,57,58,62)/t37-,43+,47-,51-/m0/s1. The van der Waals surface area contributed by atoms with Crippen molar-refractivity contribution < 1.29 is 38.4 Å². The number of unbranched alkanes of at least 4 members (excludes halogenated alkanes) is 3. The number of nitrogens with one attached hydrogen (secondary N) is 3. The molecular formula is C55H71N11O8S. The van der Waals surface area contributed by atoms with E-state index in [2.05, 4.69) is 50.2 Å². The fourth-order valence-electron chi connectivity index (χ4n) is 8.89. The van der Waals surface area contributed by atoms with Crippen molar-refractivity contribution in [2.45, 2.75) is 110 Å². The van der Waals surface area contributed by atoms with Gasteiger partial charge in [-0.3, -0.25) is 24.0 Å². The molecule has 1 fully saturated rings. The van der Waals surface area contributed by atoms with E-state index in [1.807, 2.05) is 87.5 Å². The van der Waals surface area contributed by atoms with Crippen LogP contribution in [-0.4, -0.2) is 142 Å². The number of nitrogens with zero attached hydrogens (tertiary/aromatic N) is 8. The maximum Gasteiger partial charge on any atom is 0.246 e. The highest BCUT2D eigenvalue weighted by atomic mass is 32.1. The number of carbonyl (C=O) groups excluding carboxylic acids is 3. The van der Waals surface area contributed by atoms with Crippen molar-refractivity contribution in [1.82, 2.24) is 45.2 Å². The van der Waals surface area contributed by atoms with E-state index in [-0.39, 0.29) is 44.7 Å². The number of hydrogen-bond acceptors (Lipinski definition) is 16. The van der Waals surface area contributed by atoms with Gasteiger partial charge < -0.3 is 44.9 Å². The molecule has 400 valence electrons. The van der Waals surface area contributed by atoms with Gasteiger partial charge >= 0.3 is 0 Å². The molecule has 20 heteroatoms. The van der Waals surface area contributed by atoms with E-state index in [4.69, 9.17) is 39.3 Å². The summed E-state index contributed by atoms with van der Waals surface area (Å²) in [5.41, 5.74) is 9.58. The van der Waals surface area contributed by atoms with Crippen LogP contribution in [0.1, 0.15) is 94.8 Å².